The van der Waals surface area contributed by atoms with Gasteiger partial charge in [0.2, 0.25) is 11.1 Å². The lowest BCUT2D eigenvalue weighted by molar-refractivity contribution is -0.115. The Hall–Kier alpha value is -2.80. The molecule has 1 aromatic heterocycles. The molecule has 0 radical (unpaired) electrons. The fraction of sp³-hybridized carbons (Fsp3) is 0.250. The molecule has 2 aromatic carbocycles. The summed E-state index contributed by atoms with van der Waals surface area (Å²) in [7, 11) is 0. The minimum atomic E-state index is -0.308. The van der Waals surface area contributed by atoms with E-state index in [1.165, 1.54) is 17.3 Å². The van der Waals surface area contributed by atoms with Crippen LogP contribution >= 0.6 is 11.8 Å². The number of H-pyrrole nitrogens is 1. The second-order valence-corrected chi connectivity index (χ2v) is 7.64. The molecule has 1 amide bonds. The normalized spacial score (nSPS) is 11.8. The van der Waals surface area contributed by atoms with Gasteiger partial charge < -0.3 is 10.6 Å². The molecule has 140 valence electrons. The number of amides is 1. The molecule has 0 aliphatic rings. The lowest BCUT2D eigenvalue weighted by atomic mass is 10.1. The van der Waals surface area contributed by atoms with E-state index in [1.807, 2.05) is 69.3 Å². The standard InChI is InChI=1S/C20H23N5OS/c1-13-9-10-17(11-14(13)2)22-19(26)15(3)27-20-23-18(24-25-20)12-21-16-7-5-4-6-8-16/h4-11,15,21H,12H2,1-3H3,(H,22,26)(H,23,24,25)/t15-/m0/s1. The fourth-order valence-electron chi connectivity index (χ4n) is 2.43. The Morgan fingerprint density at radius 2 is 1.89 bits per heavy atom. The molecule has 0 aliphatic heterocycles. The smallest absolute Gasteiger partial charge is 0.237 e. The van der Waals surface area contributed by atoms with E-state index in [-0.39, 0.29) is 11.2 Å². The quantitative estimate of drug-likeness (QED) is 0.536. The molecule has 0 spiro atoms. The van der Waals surface area contributed by atoms with Gasteiger partial charge in [-0.3, -0.25) is 9.89 Å². The van der Waals surface area contributed by atoms with Crippen LogP contribution in [0.4, 0.5) is 11.4 Å². The first kappa shape index (κ1) is 19.0. The van der Waals surface area contributed by atoms with Gasteiger partial charge in [0.25, 0.3) is 0 Å². The SMILES string of the molecule is Cc1ccc(NC(=O)[C@H](C)Sc2n[nH]c(CNc3ccccc3)n2)cc1C. The van der Waals surface area contributed by atoms with E-state index in [1.54, 1.807) is 0 Å². The molecule has 3 aromatic rings. The van der Waals surface area contributed by atoms with Crippen molar-refractivity contribution < 1.29 is 4.79 Å². The number of nitrogens with one attached hydrogen (secondary N) is 3. The molecule has 0 saturated heterocycles. The fourth-order valence-corrected chi connectivity index (χ4v) is 3.17. The van der Waals surface area contributed by atoms with Gasteiger partial charge in [-0.1, -0.05) is 36.0 Å². The topological polar surface area (TPSA) is 82.7 Å². The Morgan fingerprint density at radius 3 is 2.63 bits per heavy atom. The van der Waals surface area contributed by atoms with Gasteiger partial charge in [0.1, 0.15) is 5.82 Å². The Morgan fingerprint density at radius 1 is 1.11 bits per heavy atom. The van der Waals surface area contributed by atoms with Crippen LogP contribution in [0, 0.1) is 13.8 Å². The maximum Gasteiger partial charge on any atom is 0.237 e. The van der Waals surface area contributed by atoms with E-state index in [0.717, 1.165) is 22.8 Å². The third-order valence-corrected chi connectivity index (χ3v) is 5.13. The molecule has 0 unspecified atom stereocenters. The Balaban J connectivity index is 1.52. The van der Waals surface area contributed by atoms with Crippen molar-refractivity contribution in [1.29, 1.82) is 0 Å². The summed E-state index contributed by atoms with van der Waals surface area (Å²) in [6.07, 6.45) is 0. The number of aromatic nitrogens is 3. The molecule has 1 atom stereocenters. The van der Waals surface area contributed by atoms with Crippen molar-refractivity contribution in [3.63, 3.8) is 0 Å². The number of carbonyl (C=O) groups is 1. The Labute approximate surface area is 163 Å². The second-order valence-electron chi connectivity index (χ2n) is 6.33. The van der Waals surface area contributed by atoms with Gasteiger partial charge in [-0.25, -0.2) is 4.98 Å². The molecule has 0 fully saturated rings. The minimum absolute atomic E-state index is 0.0722. The van der Waals surface area contributed by atoms with Crippen molar-refractivity contribution in [2.45, 2.75) is 37.7 Å². The number of hydrogen-bond donors (Lipinski definition) is 3. The highest BCUT2D eigenvalue weighted by atomic mass is 32.2. The summed E-state index contributed by atoms with van der Waals surface area (Å²) in [5.41, 5.74) is 4.17. The van der Waals surface area contributed by atoms with Crippen molar-refractivity contribution in [1.82, 2.24) is 15.2 Å². The zero-order chi connectivity index (χ0) is 19.2. The minimum Gasteiger partial charge on any atom is -0.378 e. The number of carbonyl (C=O) groups excluding carboxylic acids is 1. The second kappa shape index (κ2) is 8.73. The van der Waals surface area contributed by atoms with E-state index >= 15 is 0 Å². The number of nitrogens with zero attached hydrogens (tertiary/aromatic N) is 2. The van der Waals surface area contributed by atoms with Crippen LogP contribution in [0.3, 0.4) is 0 Å². The molecule has 6 nitrogen and oxygen atoms in total. The van der Waals surface area contributed by atoms with Crippen LogP contribution in [-0.4, -0.2) is 26.3 Å². The highest BCUT2D eigenvalue weighted by Crippen LogP contribution is 2.21. The van der Waals surface area contributed by atoms with Crippen molar-refractivity contribution in [3.8, 4) is 0 Å². The molecular formula is C20H23N5OS. The van der Waals surface area contributed by atoms with Crippen LogP contribution in [-0.2, 0) is 11.3 Å². The van der Waals surface area contributed by atoms with Crippen molar-refractivity contribution in [2.75, 3.05) is 10.6 Å². The lowest BCUT2D eigenvalue weighted by Gasteiger charge is -2.11. The number of aromatic amines is 1. The average Bonchev–Trinajstić information content (AvgIpc) is 3.11. The predicted octanol–water partition coefficient (Wildman–Crippen LogP) is 4.15. The van der Waals surface area contributed by atoms with E-state index in [2.05, 4.69) is 25.8 Å². The predicted molar refractivity (Wildman–Crippen MR) is 110 cm³/mol. The van der Waals surface area contributed by atoms with E-state index in [9.17, 15) is 4.79 Å². The first-order valence-corrected chi connectivity index (χ1v) is 9.64. The van der Waals surface area contributed by atoms with Gasteiger partial charge in [-0.2, -0.15) is 0 Å². The summed E-state index contributed by atoms with van der Waals surface area (Å²) in [5, 5.41) is 13.6. The highest BCUT2D eigenvalue weighted by molar-refractivity contribution is 8.00. The lowest BCUT2D eigenvalue weighted by Crippen LogP contribution is -2.22. The van der Waals surface area contributed by atoms with Crippen LogP contribution in [0.2, 0.25) is 0 Å². The molecule has 3 rings (SSSR count). The maximum absolute atomic E-state index is 12.4. The zero-order valence-corrected chi connectivity index (χ0v) is 16.4. The van der Waals surface area contributed by atoms with E-state index < -0.39 is 0 Å². The molecule has 7 heteroatoms. The monoisotopic (exact) mass is 381 g/mol. The first-order chi connectivity index (χ1) is 13.0. The number of hydrogen-bond acceptors (Lipinski definition) is 5. The highest BCUT2D eigenvalue weighted by Gasteiger charge is 2.17. The summed E-state index contributed by atoms with van der Waals surface area (Å²) in [5.74, 6) is 0.653. The number of rotatable bonds is 7. The summed E-state index contributed by atoms with van der Waals surface area (Å²) in [6, 6.07) is 15.8. The zero-order valence-electron chi connectivity index (χ0n) is 15.6. The number of anilines is 2. The Bertz CT molecular complexity index is 910. The summed E-state index contributed by atoms with van der Waals surface area (Å²) >= 11 is 1.33. The molecular weight excluding hydrogens is 358 g/mol. The average molecular weight is 382 g/mol. The molecule has 0 saturated carbocycles. The largest absolute Gasteiger partial charge is 0.378 e. The summed E-state index contributed by atoms with van der Waals surface area (Å²) < 4.78 is 0. The third-order valence-electron chi connectivity index (χ3n) is 4.17. The van der Waals surface area contributed by atoms with E-state index in [4.69, 9.17) is 0 Å². The first-order valence-electron chi connectivity index (χ1n) is 8.76. The van der Waals surface area contributed by atoms with Crippen molar-refractivity contribution in [2.24, 2.45) is 0 Å². The number of para-hydroxylation sites is 1. The van der Waals surface area contributed by atoms with Crippen LogP contribution in [0.1, 0.15) is 23.9 Å². The van der Waals surface area contributed by atoms with E-state index in [0.29, 0.717) is 11.7 Å². The third kappa shape index (κ3) is 5.34. The van der Waals surface area contributed by atoms with Gasteiger partial charge in [-0.05, 0) is 56.2 Å². The molecule has 0 aliphatic carbocycles. The van der Waals surface area contributed by atoms with Crippen molar-refractivity contribution in [3.05, 3.63) is 65.5 Å². The van der Waals surface area contributed by atoms with Crippen LogP contribution in [0.5, 0.6) is 0 Å². The number of aryl methyl sites for hydroxylation is 2. The summed E-state index contributed by atoms with van der Waals surface area (Å²) in [6.45, 7) is 6.47. The number of thioether (sulfide) groups is 1. The number of benzene rings is 2. The van der Waals surface area contributed by atoms with Crippen LogP contribution in [0.25, 0.3) is 0 Å². The van der Waals surface area contributed by atoms with Gasteiger partial charge >= 0.3 is 0 Å². The molecule has 0 bridgehead atoms. The molecule has 1 heterocycles. The molecule has 27 heavy (non-hydrogen) atoms. The van der Waals surface area contributed by atoms with Gasteiger partial charge in [0.05, 0.1) is 11.8 Å². The molecule has 3 N–H and O–H groups in total. The van der Waals surface area contributed by atoms with Crippen LogP contribution in [0.15, 0.2) is 53.7 Å². The van der Waals surface area contributed by atoms with Crippen molar-refractivity contribution >= 4 is 29.0 Å². The maximum atomic E-state index is 12.4. The Kier molecular flexibility index (Phi) is 6.13. The van der Waals surface area contributed by atoms with Gasteiger partial charge in [0, 0.05) is 11.4 Å². The van der Waals surface area contributed by atoms with Gasteiger partial charge in [0.15, 0.2) is 0 Å². The van der Waals surface area contributed by atoms with Crippen LogP contribution < -0.4 is 10.6 Å². The van der Waals surface area contributed by atoms with Gasteiger partial charge in [-0.15, -0.1) is 5.10 Å². The summed E-state index contributed by atoms with van der Waals surface area (Å²) in [4.78, 5) is 16.9.